The van der Waals surface area contributed by atoms with E-state index in [1.807, 2.05) is 29.2 Å². The number of nitro benzene ring substituents is 1. The summed E-state index contributed by atoms with van der Waals surface area (Å²) in [5, 5.41) is 17.5. The van der Waals surface area contributed by atoms with E-state index in [1.54, 1.807) is 36.0 Å². The number of esters is 1. The van der Waals surface area contributed by atoms with Gasteiger partial charge in [0.2, 0.25) is 11.7 Å². The molecule has 10 nitrogen and oxygen atoms in total. The Morgan fingerprint density at radius 2 is 1.91 bits per heavy atom. The number of carbonyl (C=O) groups excluding carboxylic acids is 2. The number of ether oxygens (including phenoxy) is 1. The van der Waals surface area contributed by atoms with Crippen LogP contribution < -0.4 is 14.8 Å². The molecule has 170 valence electrons. The lowest BCUT2D eigenvalue weighted by Crippen LogP contribution is -2.61. The summed E-state index contributed by atoms with van der Waals surface area (Å²) in [6.45, 7) is 1.91. The second-order valence-electron chi connectivity index (χ2n) is 8.27. The molecular formula is C23H23N5O5. The first-order valence-corrected chi connectivity index (χ1v) is 10.9. The van der Waals surface area contributed by atoms with Crippen molar-refractivity contribution in [1.82, 2.24) is 0 Å². The van der Waals surface area contributed by atoms with Crippen molar-refractivity contribution in [2.45, 2.75) is 31.8 Å². The van der Waals surface area contributed by atoms with Crippen molar-refractivity contribution < 1.29 is 19.2 Å². The molecule has 1 fully saturated rings. The molecule has 0 radical (unpaired) electrons. The van der Waals surface area contributed by atoms with Gasteiger partial charge in [-0.05, 0) is 50.5 Å². The van der Waals surface area contributed by atoms with Crippen LogP contribution in [0.5, 0.6) is 0 Å². The summed E-state index contributed by atoms with van der Waals surface area (Å²) in [7, 11) is 1.74. The Kier molecular flexibility index (Phi) is 4.80. The van der Waals surface area contributed by atoms with Crippen LogP contribution in [0.4, 0.5) is 22.7 Å². The van der Waals surface area contributed by atoms with Gasteiger partial charge in [0.15, 0.2) is 5.66 Å². The Balaban J connectivity index is 1.75. The van der Waals surface area contributed by atoms with E-state index in [2.05, 4.69) is 0 Å². The molecule has 0 saturated heterocycles. The summed E-state index contributed by atoms with van der Waals surface area (Å²) < 4.78 is 5.34. The van der Waals surface area contributed by atoms with Crippen LogP contribution in [0.1, 0.15) is 26.2 Å². The van der Waals surface area contributed by atoms with Crippen LogP contribution in [0.25, 0.3) is 0 Å². The molecule has 1 amide bonds. The third-order valence-corrected chi connectivity index (χ3v) is 6.63. The lowest BCUT2D eigenvalue weighted by molar-refractivity contribution is -0.384. The van der Waals surface area contributed by atoms with Gasteiger partial charge in [-0.1, -0.05) is 12.1 Å². The maximum Gasteiger partial charge on any atom is 0.376 e. The molecule has 0 bridgehead atoms. The number of benzene rings is 2. The van der Waals surface area contributed by atoms with Gasteiger partial charge in [-0.15, -0.1) is 5.10 Å². The number of para-hydroxylation sites is 2. The Hall–Kier alpha value is -3.95. The van der Waals surface area contributed by atoms with Gasteiger partial charge in [0.05, 0.1) is 34.5 Å². The molecular weight excluding hydrogens is 426 g/mol. The highest BCUT2D eigenvalue weighted by Crippen LogP contribution is 2.54. The number of amides is 1. The maximum atomic E-state index is 13.7. The van der Waals surface area contributed by atoms with E-state index in [9.17, 15) is 19.7 Å². The average Bonchev–Trinajstić information content (AvgIpc) is 3.39. The van der Waals surface area contributed by atoms with Crippen molar-refractivity contribution >= 4 is 40.5 Å². The zero-order valence-electron chi connectivity index (χ0n) is 18.3. The number of hydrogen-bond donors (Lipinski definition) is 0. The first kappa shape index (κ1) is 20.9. The highest BCUT2D eigenvalue weighted by molar-refractivity contribution is 6.43. The fourth-order valence-corrected chi connectivity index (χ4v) is 5.25. The molecule has 5 rings (SSSR count). The highest BCUT2D eigenvalue weighted by Gasteiger charge is 2.63. The fraction of sp³-hybridized carbons (Fsp3) is 0.348. The predicted octanol–water partition coefficient (Wildman–Crippen LogP) is 3.27. The SMILES string of the molecule is CCOC(=O)C1=NN(c2ccc([N+](=O)[O-])cc2)C23CCCC2C(=O)N(C)c2ccccc2N13. The van der Waals surface area contributed by atoms with E-state index >= 15 is 0 Å². The minimum absolute atomic E-state index is 0.0492. The number of nitrogens with zero attached hydrogens (tertiary/aromatic N) is 5. The van der Waals surface area contributed by atoms with E-state index in [1.165, 1.54) is 12.1 Å². The van der Waals surface area contributed by atoms with E-state index in [0.29, 0.717) is 29.9 Å². The maximum absolute atomic E-state index is 13.7. The third-order valence-electron chi connectivity index (χ3n) is 6.63. The average molecular weight is 449 g/mol. The number of fused-ring (bicyclic) bond motifs is 2. The van der Waals surface area contributed by atoms with E-state index < -0.39 is 22.5 Å². The number of carbonyl (C=O) groups is 2. The number of hydrogen-bond acceptors (Lipinski definition) is 8. The van der Waals surface area contributed by atoms with Crippen LogP contribution >= 0.6 is 0 Å². The zero-order chi connectivity index (χ0) is 23.3. The molecule has 2 heterocycles. The molecule has 2 unspecified atom stereocenters. The van der Waals surface area contributed by atoms with Crippen molar-refractivity contribution in [3.8, 4) is 0 Å². The first-order chi connectivity index (χ1) is 15.9. The fourth-order valence-electron chi connectivity index (χ4n) is 5.25. The topological polar surface area (TPSA) is 109 Å². The van der Waals surface area contributed by atoms with E-state index in [4.69, 9.17) is 9.84 Å². The molecule has 1 spiro atoms. The summed E-state index contributed by atoms with van der Waals surface area (Å²) in [6, 6.07) is 13.4. The Bertz CT molecular complexity index is 1180. The van der Waals surface area contributed by atoms with Gasteiger partial charge in [0.25, 0.3) is 5.69 Å². The second-order valence-corrected chi connectivity index (χ2v) is 8.27. The van der Waals surface area contributed by atoms with E-state index in [0.717, 1.165) is 6.42 Å². The first-order valence-electron chi connectivity index (χ1n) is 10.9. The van der Waals surface area contributed by atoms with Gasteiger partial charge in [0.1, 0.15) is 0 Å². The lowest BCUT2D eigenvalue weighted by atomic mass is 9.92. The largest absolute Gasteiger partial charge is 0.460 e. The number of nitro groups is 1. The predicted molar refractivity (Wildman–Crippen MR) is 122 cm³/mol. The number of anilines is 3. The molecule has 2 aliphatic heterocycles. The Morgan fingerprint density at radius 3 is 2.58 bits per heavy atom. The second kappa shape index (κ2) is 7.58. The van der Waals surface area contributed by atoms with Crippen LogP contribution in [0, 0.1) is 16.0 Å². The quantitative estimate of drug-likeness (QED) is 0.400. The summed E-state index contributed by atoms with van der Waals surface area (Å²) in [5.41, 5.74) is 0.919. The number of non-ortho nitro benzene ring substituents is 1. The lowest BCUT2D eigenvalue weighted by Gasteiger charge is -2.43. The van der Waals surface area contributed by atoms with Gasteiger partial charge in [-0.2, -0.15) is 0 Å². The van der Waals surface area contributed by atoms with Crippen molar-refractivity contribution in [3.63, 3.8) is 0 Å². The molecule has 2 aromatic carbocycles. The molecule has 10 heteroatoms. The summed E-state index contributed by atoms with van der Waals surface area (Å²) in [6.07, 6.45) is 1.97. The normalized spacial score (nSPS) is 23.5. The van der Waals surface area contributed by atoms with Crippen LogP contribution in [0.3, 0.4) is 0 Å². The number of amidine groups is 1. The molecule has 2 aromatic rings. The van der Waals surface area contributed by atoms with Crippen LogP contribution in [-0.4, -0.2) is 42.0 Å². The summed E-state index contributed by atoms with van der Waals surface area (Å²) in [4.78, 5) is 40.9. The summed E-state index contributed by atoms with van der Waals surface area (Å²) in [5.74, 6) is -1.02. The molecule has 1 saturated carbocycles. The Morgan fingerprint density at radius 1 is 1.21 bits per heavy atom. The smallest absolute Gasteiger partial charge is 0.376 e. The van der Waals surface area contributed by atoms with Gasteiger partial charge < -0.3 is 9.64 Å². The third kappa shape index (κ3) is 2.90. The molecule has 33 heavy (non-hydrogen) atoms. The zero-order valence-corrected chi connectivity index (χ0v) is 18.3. The molecule has 2 atom stereocenters. The van der Waals surface area contributed by atoms with Gasteiger partial charge in [-0.25, -0.2) is 9.80 Å². The van der Waals surface area contributed by atoms with Crippen LogP contribution in [0.2, 0.25) is 0 Å². The van der Waals surface area contributed by atoms with Crippen LogP contribution in [-0.2, 0) is 14.3 Å². The number of hydrazone groups is 1. The van der Waals surface area contributed by atoms with E-state index in [-0.39, 0.29) is 24.0 Å². The molecule has 0 aromatic heterocycles. The minimum atomic E-state index is -0.962. The van der Waals surface area contributed by atoms with Crippen molar-refractivity contribution in [3.05, 3.63) is 58.6 Å². The van der Waals surface area contributed by atoms with Crippen molar-refractivity contribution in [1.29, 1.82) is 0 Å². The van der Waals surface area contributed by atoms with Gasteiger partial charge in [-0.3, -0.25) is 19.8 Å². The number of rotatable bonds is 4. The summed E-state index contributed by atoms with van der Waals surface area (Å²) >= 11 is 0. The van der Waals surface area contributed by atoms with Crippen LogP contribution in [0.15, 0.2) is 53.6 Å². The minimum Gasteiger partial charge on any atom is -0.460 e. The standard InChI is InChI=1S/C23H23N5O5/c1-3-33-22(30)20-24-27(15-10-12-16(13-11-15)28(31)32)23-14-6-7-17(23)21(29)25(2)18-8-4-5-9-19(18)26(20)23/h4-5,8-13,17H,3,6-7,14H2,1-2H3. The van der Waals surface area contributed by atoms with Gasteiger partial charge >= 0.3 is 5.97 Å². The van der Waals surface area contributed by atoms with Crippen molar-refractivity contribution in [2.75, 3.05) is 28.5 Å². The van der Waals surface area contributed by atoms with Crippen molar-refractivity contribution in [2.24, 2.45) is 11.0 Å². The molecule has 3 aliphatic rings. The Labute approximate surface area is 190 Å². The molecule has 0 N–H and O–H groups in total. The monoisotopic (exact) mass is 449 g/mol. The highest BCUT2D eigenvalue weighted by atomic mass is 16.6. The molecule has 1 aliphatic carbocycles. The van der Waals surface area contributed by atoms with Gasteiger partial charge in [0, 0.05) is 19.2 Å².